The van der Waals surface area contributed by atoms with E-state index in [9.17, 15) is 24.0 Å². The third-order valence-corrected chi connectivity index (χ3v) is 11.0. The Morgan fingerprint density at radius 1 is 0.571 bits per heavy atom. The Hall–Kier alpha value is -5.79. The predicted octanol–water partition coefficient (Wildman–Crippen LogP) is 5.92. The molecule has 5 rings (SSSR count). The van der Waals surface area contributed by atoms with E-state index >= 15 is 0 Å². The minimum Gasteiger partial charge on any atom is -0.469 e. The van der Waals surface area contributed by atoms with Crippen LogP contribution in [0.1, 0.15) is 104 Å². The first-order valence-corrected chi connectivity index (χ1v) is 18.5. The summed E-state index contributed by atoms with van der Waals surface area (Å²) < 4.78 is 25.2. The van der Waals surface area contributed by atoms with Crippen molar-refractivity contribution in [2.75, 3.05) is 35.5 Å². The Morgan fingerprint density at radius 2 is 1.00 bits per heavy atom. The highest BCUT2D eigenvalue weighted by Gasteiger charge is 2.40. The molecule has 14 nitrogen and oxygen atoms in total. The molecule has 2 aliphatic heterocycles. The van der Waals surface area contributed by atoms with E-state index in [1.165, 1.54) is 35.5 Å². The van der Waals surface area contributed by atoms with Crippen LogP contribution >= 0.6 is 0 Å². The molecule has 0 fully saturated rings. The van der Waals surface area contributed by atoms with Crippen LogP contribution < -0.4 is 0 Å². The molecule has 2 aliphatic rings. The molecule has 298 valence electrons. The summed E-state index contributed by atoms with van der Waals surface area (Å²) in [5, 5.41) is 0. The number of carbonyl (C=O) groups excluding carboxylic acids is 5. The minimum absolute atomic E-state index is 0.0215. The van der Waals surface area contributed by atoms with Crippen molar-refractivity contribution in [3.8, 4) is 0 Å². The van der Waals surface area contributed by atoms with Crippen LogP contribution in [0.4, 0.5) is 0 Å². The van der Waals surface area contributed by atoms with E-state index in [0.29, 0.717) is 67.8 Å². The van der Waals surface area contributed by atoms with Crippen LogP contribution in [0, 0.1) is 0 Å². The number of hydrogen-bond acceptors (Lipinski definition) is 12. The molecule has 3 aromatic rings. The van der Waals surface area contributed by atoms with Gasteiger partial charge in [0, 0.05) is 64.1 Å². The fourth-order valence-corrected chi connectivity index (χ4v) is 7.46. The predicted molar refractivity (Wildman–Crippen MR) is 208 cm³/mol. The molecular formula is C42H50N4O10. The van der Waals surface area contributed by atoms with Gasteiger partial charge in [0.25, 0.3) is 0 Å². The number of aryl methyl sites for hydroxylation is 2. The lowest BCUT2D eigenvalue weighted by molar-refractivity contribution is -0.141. The van der Waals surface area contributed by atoms with Crippen molar-refractivity contribution in [3.63, 3.8) is 0 Å². The Labute approximate surface area is 325 Å². The molecule has 0 radical (unpaired) electrons. The second kappa shape index (κ2) is 17.3. The van der Waals surface area contributed by atoms with Gasteiger partial charge in [-0.15, -0.1) is 0 Å². The summed E-state index contributed by atoms with van der Waals surface area (Å²) >= 11 is 0. The SMILES string of the molecule is COC(=O)CCc1c(CC(=O)OC)c2cc3nc(cc4nc(cc5[nH]c(cc1[nH]2)c(CCC(=O)OC)c5CC(=O)OC)C(C)(C)C4CCC(=O)OC)C(C)=C3C. The third-order valence-electron chi connectivity index (χ3n) is 11.0. The number of aromatic amines is 2. The van der Waals surface area contributed by atoms with Crippen molar-refractivity contribution in [2.45, 2.75) is 90.4 Å². The normalized spacial score (nSPS) is 14.6. The van der Waals surface area contributed by atoms with Crippen LogP contribution in [0.2, 0.25) is 0 Å². The Balaban J connectivity index is 1.98. The highest BCUT2D eigenvalue weighted by atomic mass is 16.5. The summed E-state index contributed by atoms with van der Waals surface area (Å²) in [6, 6.07) is 7.60. The standard InChI is InChI=1S/C42H50N4O10/c1-22-23(2)30-19-35-28(12-15-39(49)54-7)42(3,4)36(46-35)21-34-27(17-41(51)56-9)25(11-14-38(48)53-6)32(45-34)20-31-24(10-13-37(47)52-5)26(16-40(50)55-8)33(44-31)18-29(22)43-30/h18-21,28,44-45H,10-17H2,1-9H3. The molecule has 0 saturated carbocycles. The first-order chi connectivity index (χ1) is 26.6. The molecule has 2 N–H and O–H groups in total. The van der Waals surface area contributed by atoms with Gasteiger partial charge < -0.3 is 33.7 Å². The van der Waals surface area contributed by atoms with Crippen molar-refractivity contribution in [1.29, 1.82) is 0 Å². The van der Waals surface area contributed by atoms with Crippen LogP contribution in [0.25, 0.3) is 33.2 Å². The lowest BCUT2D eigenvalue weighted by Crippen LogP contribution is -2.23. The molecular weight excluding hydrogens is 720 g/mol. The summed E-state index contributed by atoms with van der Waals surface area (Å²) in [6.45, 7) is 8.10. The molecule has 0 spiro atoms. The average Bonchev–Trinajstić information content (AvgIpc) is 3.83. The second-order valence-electron chi connectivity index (χ2n) is 14.5. The Morgan fingerprint density at radius 3 is 1.48 bits per heavy atom. The van der Waals surface area contributed by atoms with Crippen LogP contribution in [-0.2, 0) is 78.8 Å². The highest BCUT2D eigenvalue weighted by molar-refractivity contribution is 5.92. The lowest BCUT2D eigenvalue weighted by atomic mass is 9.74. The van der Waals surface area contributed by atoms with E-state index in [2.05, 4.69) is 23.8 Å². The number of nitrogens with zero attached hydrogens (tertiary/aromatic N) is 2. The van der Waals surface area contributed by atoms with E-state index in [4.69, 9.17) is 33.7 Å². The number of H-pyrrole nitrogens is 2. The maximum absolute atomic E-state index is 13.0. The quantitative estimate of drug-likeness (QED) is 0.154. The fourth-order valence-electron chi connectivity index (χ4n) is 7.46. The number of rotatable bonds is 13. The monoisotopic (exact) mass is 770 g/mol. The Kier molecular flexibility index (Phi) is 12.8. The average molecular weight is 771 g/mol. The molecule has 0 aromatic carbocycles. The maximum Gasteiger partial charge on any atom is 0.310 e. The maximum atomic E-state index is 13.0. The van der Waals surface area contributed by atoms with Gasteiger partial charge in [0.2, 0.25) is 0 Å². The van der Waals surface area contributed by atoms with Crippen LogP contribution in [-0.4, -0.2) is 85.3 Å². The zero-order chi connectivity index (χ0) is 40.9. The van der Waals surface area contributed by atoms with Gasteiger partial charge in [0.1, 0.15) is 0 Å². The van der Waals surface area contributed by atoms with Crippen LogP contribution in [0.5, 0.6) is 0 Å². The number of hydrogen-bond donors (Lipinski definition) is 2. The van der Waals surface area contributed by atoms with Gasteiger partial charge in [-0.2, -0.15) is 0 Å². The van der Waals surface area contributed by atoms with Gasteiger partial charge in [-0.3, -0.25) is 29.0 Å². The van der Waals surface area contributed by atoms with Gasteiger partial charge in [-0.25, -0.2) is 4.98 Å². The number of allylic oxidation sites excluding steroid dienone is 2. The molecule has 8 bridgehead atoms. The number of esters is 5. The second-order valence-corrected chi connectivity index (χ2v) is 14.5. The van der Waals surface area contributed by atoms with Crippen molar-refractivity contribution in [3.05, 3.63) is 69.3 Å². The number of carbonyl (C=O) groups is 5. The van der Waals surface area contributed by atoms with E-state index < -0.39 is 29.3 Å². The summed E-state index contributed by atoms with van der Waals surface area (Å²) in [6.07, 6.45) is 0.920. The smallest absolute Gasteiger partial charge is 0.310 e. The van der Waals surface area contributed by atoms with Crippen LogP contribution in [0.15, 0.2) is 24.3 Å². The lowest BCUT2D eigenvalue weighted by Gasteiger charge is -2.27. The van der Waals surface area contributed by atoms with Gasteiger partial charge in [0.15, 0.2) is 0 Å². The van der Waals surface area contributed by atoms with E-state index in [0.717, 1.165) is 16.8 Å². The summed E-state index contributed by atoms with van der Waals surface area (Å²) in [5.41, 5.74) is 9.03. The van der Waals surface area contributed by atoms with Crippen molar-refractivity contribution in [1.82, 2.24) is 19.9 Å². The molecule has 1 atom stereocenters. The topological polar surface area (TPSA) is 189 Å². The number of ether oxygens (including phenoxy) is 5. The number of methoxy groups -OCH3 is 5. The fraction of sp³-hybridized carbons (Fsp3) is 0.452. The number of fused-ring (bicyclic) bond motifs is 8. The van der Waals surface area contributed by atoms with Gasteiger partial charge in [0.05, 0.1) is 59.8 Å². The summed E-state index contributed by atoms with van der Waals surface area (Å²) in [4.78, 5) is 80.6. The highest BCUT2D eigenvalue weighted by Crippen LogP contribution is 2.45. The molecule has 0 aliphatic carbocycles. The molecule has 1 unspecified atom stereocenters. The van der Waals surface area contributed by atoms with E-state index in [1.54, 1.807) is 0 Å². The van der Waals surface area contributed by atoms with Crippen LogP contribution in [0.3, 0.4) is 0 Å². The Bertz CT molecular complexity index is 2260. The van der Waals surface area contributed by atoms with Crippen molar-refractivity contribution >= 4 is 63.1 Å². The van der Waals surface area contributed by atoms with E-state index in [-0.39, 0.29) is 56.8 Å². The molecule has 5 heterocycles. The third kappa shape index (κ3) is 8.69. The number of aromatic nitrogens is 4. The zero-order valence-electron chi connectivity index (χ0n) is 33.5. The molecule has 0 saturated heterocycles. The summed E-state index contributed by atoms with van der Waals surface area (Å²) in [5.74, 6) is -2.35. The molecule has 14 heteroatoms. The van der Waals surface area contributed by atoms with Crippen molar-refractivity contribution < 1.29 is 47.7 Å². The van der Waals surface area contributed by atoms with Crippen molar-refractivity contribution in [2.24, 2.45) is 0 Å². The van der Waals surface area contributed by atoms with E-state index in [1.807, 2.05) is 38.1 Å². The zero-order valence-corrected chi connectivity index (χ0v) is 33.5. The largest absolute Gasteiger partial charge is 0.469 e. The first kappa shape index (κ1) is 41.4. The van der Waals surface area contributed by atoms with Gasteiger partial charge in [-0.1, -0.05) is 13.8 Å². The van der Waals surface area contributed by atoms with Gasteiger partial charge in [-0.05, 0) is 90.8 Å². The molecule has 56 heavy (non-hydrogen) atoms. The minimum atomic E-state index is -0.584. The molecule has 0 amide bonds. The first-order valence-electron chi connectivity index (χ1n) is 18.5. The summed E-state index contributed by atoms with van der Waals surface area (Å²) in [7, 11) is 6.63. The molecule has 3 aromatic heterocycles. The number of nitrogens with one attached hydrogen (secondary N) is 2. The van der Waals surface area contributed by atoms with Gasteiger partial charge >= 0.3 is 29.8 Å².